The van der Waals surface area contributed by atoms with Gasteiger partial charge in [0.25, 0.3) is 0 Å². The monoisotopic (exact) mass is 290 g/mol. The molecule has 0 radical (unpaired) electrons. The van der Waals surface area contributed by atoms with E-state index < -0.39 is 0 Å². The van der Waals surface area contributed by atoms with E-state index in [9.17, 15) is 4.79 Å². The third-order valence-electron chi connectivity index (χ3n) is 4.45. The maximum Gasteiger partial charge on any atom is 0.223 e. The Balaban J connectivity index is 1.75. The minimum atomic E-state index is 0.0608. The van der Waals surface area contributed by atoms with Crippen LogP contribution in [0.5, 0.6) is 5.75 Å². The van der Waals surface area contributed by atoms with Crippen molar-refractivity contribution in [2.75, 3.05) is 13.2 Å². The number of aryl methyl sites for hydroxylation is 1. The molecule has 116 valence electrons. The van der Waals surface area contributed by atoms with Gasteiger partial charge in [0, 0.05) is 6.04 Å². The van der Waals surface area contributed by atoms with Crippen LogP contribution in [0.4, 0.5) is 0 Å². The Kier molecular flexibility index (Phi) is 5.62. The summed E-state index contributed by atoms with van der Waals surface area (Å²) in [6.07, 6.45) is 3.72. The molecule has 0 bridgehead atoms. The van der Waals surface area contributed by atoms with Gasteiger partial charge in [0.15, 0.2) is 0 Å². The number of carbonyl (C=O) groups excluding carboxylic acids is 1. The summed E-state index contributed by atoms with van der Waals surface area (Å²) < 4.78 is 5.72. The van der Waals surface area contributed by atoms with Crippen molar-refractivity contribution in [3.05, 3.63) is 29.3 Å². The Hall–Kier alpha value is -1.55. The molecule has 1 saturated carbocycles. The van der Waals surface area contributed by atoms with Crippen molar-refractivity contribution < 1.29 is 9.53 Å². The highest BCUT2D eigenvalue weighted by Gasteiger charge is 2.27. The lowest BCUT2D eigenvalue weighted by Gasteiger charge is -2.19. The maximum absolute atomic E-state index is 12.0. The summed E-state index contributed by atoms with van der Waals surface area (Å²) in [5.41, 5.74) is 8.07. The zero-order valence-electron chi connectivity index (χ0n) is 13.0. The fourth-order valence-electron chi connectivity index (χ4n) is 2.92. The Morgan fingerprint density at radius 2 is 2.19 bits per heavy atom. The van der Waals surface area contributed by atoms with E-state index in [1.807, 2.05) is 19.1 Å². The molecular formula is C17H26N2O2. The van der Waals surface area contributed by atoms with Crippen LogP contribution in [0.3, 0.4) is 0 Å². The third kappa shape index (κ3) is 4.21. The third-order valence-corrected chi connectivity index (χ3v) is 4.45. The molecule has 1 aromatic carbocycles. The van der Waals surface area contributed by atoms with Gasteiger partial charge in [0.05, 0.1) is 13.0 Å². The van der Waals surface area contributed by atoms with Crippen LogP contribution in [0.25, 0.3) is 0 Å². The Labute approximate surface area is 127 Å². The van der Waals surface area contributed by atoms with Crippen LogP contribution in [0.2, 0.25) is 0 Å². The van der Waals surface area contributed by atoms with Crippen LogP contribution in [0, 0.1) is 19.8 Å². The van der Waals surface area contributed by atoms with Gasteiger partial charge in [0.2, 0.25) is 5.91 Å². The van der Waals surface area contributed by atoms with Gasteiger partial charge in [-0.25, -0.2) is 0 Å². The smallest absolute Gasteiger partial charge is 0.223 e. The summed E-state index contributed by atoms with van der Waals surface area (Å²) in [6.45, 7) is 5.16. The number of benzene rings is 1. The van der Waals surface area contributed by atoms with Crippen LogP contribution in [0.1, 0.15) is 36.8 Å². The minimum absolute atomic E-state index is 0.0608. The summed E-state index contributed by atoms with van der Waals surface area (Å²) in [5, 5.41) is 3.09. The SMILES string of the molecule is Cc1cccc(OCCC(=O)NC2CCCC2CN)c1C. The number of amides is 1. The highest BCUT2D eigenvalue weighted by atomic mass is 16.5. The lowest BCUT2D eigenvalue weighted by atomic mass is 10.0. The first-order chi connectivity index (χ1) is 10.1. The van der Waals surface area contributed by atoms with Crippen molar-refractivity contribution in [3.63, 3.8) is 0 Å². The molecule has 1 aliphatic rings. The minimum Gasteiger partial charge on any atom is -0.493 e. The first-order valence-electron chi connectivity index (χ1n) is 7.80. The number of carbonyl (C=O) groups is 1. The van der Waals surface area contributed by atoms with E-state index >= 15 is 0 Å². The fourth-order valence-corrected chi connectivity index (χ4v) is 2.92. The van der Waals surface area contributed by atoms with Crippen LogP contribution in [-0.2, 0) is 4.79 Å². The summed E-state index contributed by atoms with van der Waals surface area (Å²) in [6, 6.07) is 6.23. The number of ether oxygens (including phenoxy) is 1. The van der Waals surface area contributed by atoms with Gasteiger partial charge in [-0.05, 0) is 56.3 Å². The summed E-state index contributed by atoms with van der Waals surface area (Å²) in [4.78, 5) is 12.0. The van der Waals surface area contributed by atoms with Gasteiger partial charge in [-0.2, -0.15) is 0 Å². The molecule has 1 fully saturated rings. The molecule has 0 aromatic heterocycles. The molecule has 1 aliphatic carbocycles. The Bertz CT molecular complexity index is 488. The zero-order valence-corrected chi connectivity index (χ0v) is 13.0. The van der Waals surface area contributed by atoms with Crippen molar-refractivity contribution in [1.29, 1.82) is 0 Å². The fraction of sp³-hybridized carbons (Fsp3) is 0.588. The quantitative estimate of drug-likeness (QED) is 0.845. The number of hydrogen-bond donors (Lipinski definition) is 2. The number of nitrogens with two attached hydrogens (primary N) is 1. The number of rotatable bonds is 6. The second-order valence-corrected chi connectivity index (χ2v) is 5.90. The van der Waals surface area contributed by atoms with Crippen molar-refractivity contribution in [1.82, 2.24) is 5.32 Å². The highest BCUT2D eigenvalue weighted by molar-refractivity contribution is 5.76. The van der Waals surface area contributed by atoms with E-state index in [0.29, 0.717) is 25.5 Å². The zero-order chi connectivity index (χ0) is 15.2. The molecule has 0 heterocycles. The topological polar surface area (TPSA) is 64.3 Å². The largest absolute Gasteiger partial charge is 0.493 e. The second-order valence-electron chi connectivity index (χ2n) is 5.90. The van der Waals surface area contributed by atoms with Gasteiger partial charge in [-0.1, -0.05) is 18.6 Å². The average molecular weight is 290 g/mol. The standard InChI is InChI=1S/C17H26N2O2/c1-12-5-3-8-16(13(12)2)21-10-9-17(20)19-15-7-4-6-14(15)11-18/h3,5,8,14-15H,4,6-7,9-11,18H2,1-2H3,(H,19,20). The van der Waals surface area contributed by atoms with Gasteiger partial charge in [-0.15, -0.1) is 0 Å². The Morgan fingerprint density at radius 1 is 1.38 bits per heavy atom. The highest BCUT2D eigenvalue weighted by Crippen LogP contribution is 2.24. The van der Waals surface area contributed by atoms with Gasteiger partial charge in [-0.3, -0.25) is 4.79 Å². The van der Waals surface area contributed by atoms with Crippen molar-refractivity contribution in [2.45, 2.75) is 45.6 Å². The lowest BCUT2D eigenvalue weighted by molar-refractivity contribution is -0.122. The molecule has 4 nitrogen and oxygen atoms in total. The molecule has 3 N–H and O–H groups in total. The van der Waals surface area contributed by atoms with Crippen LogP contribution in [-0.4, -0.2) is 25.1 Å². The molecule has 4 heteroatoms. The lowest BCUT2D eigenvalue weighted by Crippen LogP contribution is -2.40. The average Bonchev–Trinajstić information content (AvgIpc) is 2.90. The predicted molar refractivity (Wildman–Crippen MR) is 84.4 cm³/mol. The molecular weight excluding hydrogens is 264 g/mol. The molecule has 2 unspecified atom stereocenters. The molecule has 2 rings (SSSR count). The summed E-state index contributed by atoms with van der Waals surface area (Å²) in [5.74, 6) is 1.36. The second kappa shape index (κ2) is 7.46. The van der Waals surface area contributed by atoms with Crippen molar-refractivity contribution >= 4 is 5.91 Å². The van der Waals surface area contributed by atoms with E-state index in [1.54, 1.807) is 0 Å². The van der Waals surface area contributed by atoms with Crippen LogP contribution in [0.15, 0.2) is 18.2 Å². The van der Waals surface area contributed by atoms with E-state index in [4.69, 9.17) is 10.5 Å². The van der Waals surface area contributed by atoms with E-state index in [2.05, 4.69) is 18.3 Å². The molecule has 1 aromatic rings. The summed E-state index contributed by atoms with van der Waals surface area (Å²) in [7, 11) is 0. The van der Waals surface area contributed by atoms with E-state index in [0.717, 1.165) is 30.6 Å². The molecule has 0 spiro atoms. The van der Waals surface area contributed by atoms with E-state index in [-0.39, 0.29) is 11.9 Å². The normalized spacial score (nSPS) is 21.3. The van der Waals surface area contributed by atoms with Gasteiger partial charge >= 0.3 is 0 Å². The number of hydrogen-bond acceptors (Lipinski definition) is 3. The number of nitrogens with one attached hydrogen (secondary N) is 1. The molecule has 2 atom stereocenters. The maximum atomic E-state index is 12.0. The molecule has 21 heavy (non-hydrogen) atoms. The Morgan fingerprint density at radius 3 is 2.95 bits per heavy atom. The van der Waals surface area contributed by atoms with Crippen LogP contribution >= 0.6 is 0 Å². The van der Waals surface area contributed by atoms with Crippen molar-refractivity contribution in [3.8, 4) is 5.75 Å². The van der Waals surface area contributed by atoms with Gasteiger partial charge < -0.3 is 15.8 Å². The predicted octanol–water partition coefficient (Wildman–Crippen LogP) is 2.32. The van der Waals surface area contributed by atoms with E-state index in [1.165, 1.54) is 5.56 Å². The van der Waals surface area contributed by atoms with Crippen LogP contribution < -0.4 is 15.8 Å². The first-order valence-corrected chi connectivity index (χ1v) is 7.80. The summed E-state index contributed by atoms with van der Waals surface area (Å²) >= 11 is 0. The van der Waals surface area contributed by atoms with Gasteiger partial charge in [0.1, 0.15) is 5.75 Å². The molecule has 0 aliphatic heterocycles. The molecule has 1 amide bonds. The first kappa shape index (κ1) is 15.8. The molecule has 0 saturated heterocycles. The van der Waals surface area contributed by atoms with Crippen molar-refractivity contribution in [2.24, 2.45) is 11.7 Å².